The Kier molecular flexibility index (Phi) is 7.50. The summed E-state index contributed by atoms with van der Waals surface area (Å²) < 4.78 is 1.93. The number of benzene rings is 2. The number of carbonyl (C=O) groups is 2. The molecular weight excluding hydrogens is 570 g/mol. The van der Waals surface area contributed by atoms with Crippen molar-refractivity contribution < 1.29 is 9.59 Å². The number of nitrogens with zero attached hydrogens (tertiary/aromatic N) is 4. The third kappa shape index (κ3) is 5.41. The van der Waals surface area contributed by atoms with Crippen LogP contribution >= 0.6 is 11.3 Å². The van der Waals surface area contributed by atoms with Crippen molar-refractivity contribution in [3.05, 3.63) is 110 Å². The normalized spacial score (nSPS) is 21.1. The van der Waals surface area contributed by atoms with E-state index in [9.17, 15) is 14.4 Å². The number of nitrogens with one attached hydrogen (secondary N) is 1. The second kappa shape index (κ2) is 11.6. The van der Waals surface area contributed by atoms with Gasteiger partial charge in [-0.1, -0.05) is 24.3 Å². The first-order valence-corrected chi connectivity index (χ1v) is 16.3. The number of carbonyl (C=O) groups excluding carboxylic acids is 2. The summed E-state index contributed by atoms with van der Waals surface area (Å²) >= 11 is 1.39. The molecule has 2 aromatic carbocycles. The summed E-state index contributed by atoms with van der Waals surface area (Å²) in [6, 6.07) is 23.6. The molecular formula is C35H37N5O3S. The molecule has 0 spiro atoms. The first-order chi connectivity index (χ1) is 21.3. The average molecular weight is 608 g/mol. The van der Waals surface area contributed by atoms with Crippen LogP contribution in [0.5, 0.6) is 0 Å². The summed E-state index contributed by atoms with van der Waals surface area (Å²) in [5.41, 5.74) is 5.67. The van der Waals surface area contributed by atoms with E-state index in [0.717, 1.165) is 37.4 Å². The van der Waals surface area contributed by atoms with E-state index >= 15 is 0 Å². The van der Waals surface area contributed by atoms with Crippen LogP contribution in [0, 0.1) is 12.8 Å². The monoisotopic (exact) mass is 607 g/mol. The summed E-state index contributed by atoms with van der Waals surface area (Å²) in [5.74, 6) is 0.350. The number of fused-ring (bicyclic) bond motifs is 4. The summed E-state index contributed by atoms with van der Waals surface area (Å²) in [5, 5.41) is 5.03. The molecule has 0 unspecified atom stereocenters. The Bertz CT molecular complexity index is 1770. The molecule has 2 saturated heterocycles. The molecule has 4 aromatic rings. The van der Waals surface area contributed by atoms with Gasteiger partial charge in [-0.15, -0.1) is 11.3 Å². The molecule has 0 aliphatic carbocycles. The molecule has 9 heteroatoms. The van der Waals surface area contributed by atoms with Gasteiger partial charge in [0.2, 0.25) is 0 Å². The molecule has 2 fully saturated rings. The lowest BCUT2D eigenvalue weighted by molar-refractivity contribution is 0.0726. The van der Waals surface area contributed by atoms with E-state index in [-0.39, 0.29) is 29.3 Å². The molecule has 3 aliphatic heterocycles. The van der Waals surface area contributed by atoms with Gasteiger partial charge < -0.3 is 24.6 Å². The third-order valence-electron chi connectivity index (χ3n) is 9.31. The summed E-state index contributed by atoms with van der Waals surface area (Å²) in [6.07, 6.45) is 1.04. The van der Waals surface area contributed by atoms with E-state index in [1.165, 1.54) is 22.6 Å². The van der Waals surface area contributed by atoms with E-state index in [1.807, 2.05) is 51.2 Å². The number of anilines is 3. The predicted molar refractivity (Wildman–Crippen MR) is 176 cm³/mol. The van der Waals surface area contributed by atoms with Crippen molar-refractivity contribution in [2.45, 2.75) is 38.8 Å². The molecule has 7 rings (SSSR count). The van der Waals surface area contributed by atoms with Crippen molar-refractivity contribution in [3.63, 3.8) is 0 Å². The lowest BCUT2D eigenvalue weighted by Crippen LogP contribution is -2.53. The zero-order valence-corrected chi connectivity index (χ0v) is 25.9. The Morgan fingerprint density at radius 1 is 0.909 bits per heavy atom. The van der Waals surface area contributed by atoms with Gasteiger partial charge in [-0.25, -0.2) is 0 Å². The molecule has 44 heavy (non-hydrogen) atoms. The molecule has 0 saturated carbocycles. The van der Waals surface area contributed by atoms with Gasteiger partial charge in [-0.05, 0) is 79.6 Å². The number of rotatable bonds is 5. The Balaban J connectivity index is 1.15. The van der Waals surface area contributed by atoms with E-state index in [4.69, 9.17) is 0 Å². The number of piperidine rings is 1. The second-order valence-electron chi connectivity index (χ2n) is 12.4. The van der Waals surface area contributed by atoms with Crippen LogP contribution in [-0.4, -0.2) is 60.0 Å². The van der Waals surface area contributed by atoms with Gasteiger partial charge in [0.05, 0.1) is 16.3 Å². The lowest BCUT2D eigenvalue weighted by Gasteiger charge is -2.44. The molecule has 2 amide bonds. The first kappa shape index (κ1) is 28.4. The highest BCUT2D eigenvalue weighted by Crippen LogP contribution is 2.39. The van der Waals surface area contributed by atoms with Gasteiger partial charge in [0.15, 0.2) is 0 Å². The van der Waals surface area contributed by atoms with Gasteiger partial charge in [-0.2, -0.15) is 0 Å². The fraction of sp³-hybridized carbons (Fsp3) is 0.343. The van der Waals surface area contributed by atoms with Crippen molar-refractivity contribution in [3.8, 4) is 0 Å². The number of pyridine rings is 1. The summed E-state index contributed by atoms with van der Waals surface area (Å²) in [6.45, 7) is 8.50. The van der Waals surface area contributed by atoms with Gasteiger partial charge in [0, 0.05) is 74.2 Å². The Hall–Kier alpha value is -4.37. The maximum atomic E-state index is 13.9. The molecule has 1 N–H and O–H groups in total. The molecule has 3 aliphatic rings. The standard InChI is InChI=1S/C35H37N5O3S/c1-23-6-3-7-28(16-23)39-14-13-37(19-24(39)2)35(43)26-11-12-31(29(18-26)36-34(42)32-9-5-15-44-32)38-20-25-17-27(22-38)30-8-4-10-33(41)40(30)21-25/h3-12,15-16,18,24-25,27H,13-14,17,19-22H2,1-2H3,(H,36,42)/t24-,25+,27-/m0/s1. The first-order valence-electron chi connectivity index (χ1n) is 15.4. The summed E-state index contributed by atoms with van der Waals surface area (Å²) in [7, 11) is 0. The predicted octanol–water partition coefficient (Wildman–Crippen LogP) is 5.45. The highest BCUT2D eigenvalue weighted by molar-refractivity contribution is 7.12. The highest BCUT2D eigenvalue weighted by Gasteiger charge is 2.36. The Morgan fingerprint density at radius 2 is 1.77 bits per heavy atom. The van der Waals surface area contributed by atoms with Gasteiger partial charge in [0.25, 0.3) is 17.4 Å². The largest absolute Gasteiger partial charge is 0.369 e. The third-order valence-corrected chi connectivity index (χ3v) is 10.2. The van der Waals surface area contributed by atoms with E-state index < -0.39 is 0 Å². The fourth-order valence-electron chi connectivity index (χ4n) is 7.24. The number of piperazine rings is 1. The molecule has 5 heterocycles. The van der Waals surface area contributed by atoms with E-state index in [1.54, 1.807) is 6.07 Å². The van der Waals surface area contributed by atoms with Crippen LogP contribution in [0.4, 0.5) is 17.1 Å². The van der Waals surface area contributed by atoms with Crippen LogP contribution in [0.3, 0.4) is 0 Å². The van der Waals surface area contributed by atoms with Gasteiger partial charge in [0.1, 0.15) is 0 Å². The van der Waals surface area contributed by atoms with Crippen molar-refractivity contribution in [2.75, 3.05) is 47.8 Å². The maximum Gasteiger partial charge on any atom is 0.265 e. The molecule has 0 radical (unpaired) electrons. The topological polar surface area (TPSA) is 77.9 Å². The van der Waals surface area contributed by atoms with Crippen LogP contribution in [0.1, 0.15) is 50.5 Å². The second-order valence-corrected chi connectivity index (χ2v) is 13.3. The highest BCUT2D eigenvalue weighted by atomic mass is 32.1. The SMILES string of the molecule is Cc1cccc(N2CCN(C(=O)c3ccc(N4C[C@H]5C[C@@H](C4)c4cccc(=O)n4C5)c(NC(=O)c4cccs4)c3)C[C@@H]2C)c1. The van der Waals surface area contributed by atoms with E-state index in [2.05, 4.69) is 59.3 Å². The Morgan fingerprint density at radius 3 is 2.57 bits per heavy atom. The van der Waals surface area contributed by atoms with Crippen molar-refractivity contribution in [2.24, 2.45) is 5.92 Å². The Labute approximate surface area is 261 Å². The minimum Gasteiger partial charge on any atom is -0.369 e. The number of aromatic nitrogens is 1. The van der Waals surface area contributed by atoms with Crippen LogP contribution in [0.2, 0.25) is 0 Å². The molecule has 3 atom stereocenters. The number of hydrogen-bond acceptors (Lipinski definition) is 6. The quantitative estimate of drug-likeness (QED) is 0.327. The van der Waals surface area contributed by atoms with Crippen LogP contribution in [0.15, 0.2) is 83.0 Å². The molecule has 2 bridgehead atoms. The molecule has 8 nitrogen and oxygen atoms in total. The average Bonchev–Trinajstić information content (AvgIpc) is 3.57. The minimum absolute atomic E-state index is 0.0252. The van der Waals surface area contributed by atoms with Crippen molar-refractivity contribution in [1.82, 2.24) is 9.47 Å². The molecule has 2 aromatic heterocycles. The van der Waals surface area contributed by atoms with Crippen molar-refractivity contribution in [1.29, 1.82) is 0 Å². The lowest BCUT2D eigenvalue weighted by atomic mass is 9.83. The number of aryl methyl sites for hydroxylation is 1. The van der Waals surface area contributed by atoms with Crippen LogP contribution < -0.4 is 20.7 Å². The minimum atomic E-state index is -0.180. The number of thiophene rings is 1. The van der Waals surface area contributed by atoms with Gasteiger partial charge >= 0.3 is 0 Å². The zero-order valence-electron chi connectivity index (χ0n) is 25.1. The maximum absolute atomic E-state index is 13.9. The number of amides is 2. The summed E-state index contributed by atoms with van der Waals surface area (Å²) in [4.78, 5) is 46.9. The molecule has 226 valence electrons. The van der Waals surface area contributed by atoms with Gasteiger partial charge in [-0.3, -0.25) is 14.4 Å². The van der Waals surface area contributed by atoms with Crippen LogP contribution in [-0.2, 0) is 6.54 Å². The van der Waals surface area contributed by atoms with E-state index in [0.29, 0.717) is 41.7 Å². The van der Waals surface area contributed by atoms with Crippen LogP contribution in [0.25, 0.3) is 0 Å². The van der Waals surface area contributed by atoms with Crippen molar-refractivity contribution >= 4 is 40.2 Å². The smallest absolute Gasteiger partial charge is 0.265 e. The number of hydrogen-bond donors (Lipinski definition) is 1. The fourth-order valence-corrected chi connectivity index (χ4v) is 7.86. The zero-order chi connectivity index (χ0) is 30.4.